The molecule has 0 unspecified atom stereocenters. The van der Waals surface area contributed by atoms with Gasteiger partial charge in [0.05, 0.1) is 18.8 Å². The van der Waals surface area contributed by atoms with Crippen LogP contribution in [-0.4, -0.2) is 62.5 Å². The molecule has 0 radical (unpaired) electrons. The van der Waals surface area contributed by atoms with Crippen molar-refractivity contribution in [2.75, 3.05) is 45.8 Å². The molecule has 7 nitrogen and oxygen atoms in total. The van der Waals surface area contributed by atoms with Gasteiger partial charge < -0.3 is 24.8 Å². The number of carboxylic acids is 1. The fourth-order valence-corrected chi connectivity index (χ4v) is 1.62. The van der Waals surface area contributed by atoms with Gasteiger partial charge in [0.15, 0.2) is 0 Å². The summed E-state index contributed by atoms with van der Waals surface area (Å²) in [5.41, 5.74) is 0.702. The number of methoxy groups -OCH3 is 2. The molecule has 0 saturated carbocycles. The summed E-state index contributed by atoms with van der Waals surface area (Å²) in [4.78, 5) is 24.5. The van der Waals surface area contributed by atoms with Crippen LogP contribution in [0.3, 0.4) is 0 Å². The van der Waals surface area contributed by atoms with Crippen LogP contribution in [-0.2, 0) is 9.47 Å². The molecular formula is C14H20N2O5. The van der Waals surface area contributed by atoms with Gasteiger partial charge in [0.1, 0.15) is 0 Å². The van der Waals surface area contributed by atoms with E-state index in [0.29, 0.717) is 32.0 Å². The molecular weight excluding hydrogens is 276 g/mol. The molecule has 0 aliphatic rings. The van der Waals surface area contributed by atoms with Crippen LogP contribution < -0.4 is 5.32 Å². The number of nitrogens with one attached hydrogen (secondary N) is 1. The Balaban J connectivity index is 2.64. The standard InChI is InChI=1S/C14H20N2O5/c1-20-9-7-16(8-10-21-2)14(19)15-12-5-3-11(4-6-12)13(17)18/h3-6H,7-10H2,1-2H3,(H,15,19)(H,17,18). The third-order valence-electron chi connectivity index (χ3n) is 2.80. The van der Waals surface area contributed by atoms with Crippen molar-refractivity contribution in [1.29, 1.82) is 0 Å². The average molecular weight is 296 g/mol. The highest BCUT2D eigenvalue weighted by molar-refractivity contribution is 5.91. The second-order valence-corrected chi connectivity index (χ2v) is 4.29. The molecule has 0 saturated heterocycles. The van der Waals surface area contributed by atoms with Gasteiger partial charge in [-0.1, -0.05) is 0 Å². The average Bonchev–Trinajstić information content (AvgIpc) is 2.47. The second kappa shape index (κ2) is 8.93. The first-order valence-electron chi connectivity index (χ1n) is 6.45. The van der Waals surface area contributed by atoms with Crippen molar-refractivity contribution in [2.24, 2.45) is 0 Å². The van der Waals surface area contributed by atoms with Crippen molar-refractivity contribution in [3.05, 3.63) is 29.8 Å². The number of anilines is 1. The summed E-state index contributed by atoms with van der Waals surface area (Å²) in [7, 11) is 3.13. The Morgan fingerprint density at radius 3 is 2.05 bits per heavy atom. The highest BCUT2D eigenvalue weighted by Gasteiger charge is 2.13. The molecule has 0 aliphatic carbocycles. The number of benzene rings is 1. The Hall–Kier alpha value is -2.12. The van der Waals surface area contributed by atoms with E-state index in [0.717, 1.165) is 0 Å². The van der Waals surface area contributed by atoms with E-state index in [-0.39, 0.29) is 11.6 Å². The van der Waals surface area contributed by atoms with E-state index in [1.807, 2.05) is 0 Å². The number of hydrogen-bond acceptors (Lipinski definition) is 4. The largest absolute Gasteiger partial charge is 0.478 e. The Morgan fingerprint density at radius 1 is 1.10 bits per heavy atom. The third-order valence-corrected chi connectivity index (χ3v) is 2.80. The van der Waals surface area contributed by atoms with Crippen LogP contribution in [0, 0.1) is 0 Å². The number of carboxylic acid groups (broad SMARTS) is 1. The summed E-state index contributed by atoms with van der Waals surface area (Å²) in [6.07, 6.45) is 0. The molecule has 1 aromatic rings. The molecule has 2 N–H and O–H groups in total. The molecule has 0 heterocycles. The lowest BCUT2D eigenvalue weighted by Gasteiger charge is -2.22. The first-order chi connectivity index (χ1) is 10.1. The maximum Gasteiger partial charge on any atom is 0.335 e. The Labute approximate surface area is 123 Å². The molecule has 1 rings (SSSR count). The minimum Gasteiger partial charge on any atom is -0.478 e. The third kappa shape index (κ3) is 5.80. The van der Waals surface area contributed by atoms with Crippen molar-refractivity contribution < 1.29 is 24.2 Å². The van der Waals surface area contributed by atoms with Crippen molar-refractivity contribution in [3.8, 4) is 0 Å². The number of urea groups is 1. The summed E-state index contributed by atoms with van der Waals surface area (Å²) in [6.45, 7) is 1.74. The maximum absolute atomic E-state index is 12.1. The van der Waals surface area contributed by atoms with E-state index in [9.17, 15) is 9.59 Å². The summed E-state index contributed by atoms with van der Waals surface area (Å²) in [6, 6.07) is 5.68. The van der Waals surface area contributed by atoms with Crippen LogP contribution in [0.25, 0.3) is 0 Å². The van der Waals surface area contributed by atoms with Gasteiger partial charge in [0.2, 0.25) is 0 Å². The van der Waals surface area contributed by atoms with Gasteiger partial charge in [-0.25, -0.2) is 9.59 Å². The van der Waals surface area contributed by atoms with Crippen LogP contribution >= 0.6 is 0 Å². The molecule has 0 aliphatic heterocycles. The summed E-state index contributed by atoms with van der Waals surface area (Å²) < 4.78 is 9.93. The molecule has 0 bridgehead atoms. The molecule has 0 atom stereocenters. The predicted molar refractivity (Wildman–Crippen MR) is 77.7 cm³/mol. The molecule has 7 heteroatoms. The van der Waals surface area contributed by atoms with Gasteiger partial charge in [-0.2, -0.15) is 0 Å². The lowest BCUT2D eigenvalue weighted by atomic mass is 10.2. The lowest BCUT2D eigenvalue weighted by molar-refractivity contribution is 0.0697. The minimum absolute atomic E-state index is 0.170. The SMILES string of the molecule is COCCN(CCOC)C(=O)Nc1ccc(C(=O)O)cc1. The van der Waals surface area contributed by atoms with Gasteiger partial charge in [-0.05, 0) is 24.3 Å². The lowest BCUT2D eigenvalue weighted by Crippen LogP contribution is -2.39. The Kier molecular flexibility index (Phi) is 7.20. The Morgan fingerprint density at radius 2 is 1.62 bits per heavy atom. The van der Waals surface area contributed by atoms with Crippen LogP contribution in [0.4, 0.5) is 10.5 Å². The summed E-state index contributed by atoms with van der Waals surface area (Å²) >= 11 is 0. The molecule has 116 valence electrons. The monoisotopic (exact) mass is 296 g/mol. The van der Waals surface area contributed by atoms with Gasteiger partial charge in [-0.3, -0.25) is 0 Å². The van der Waals surface area contributed by atoms with Gasteiger partial charge in [0, 0.05) is 33.0 Å². The molecule has 0 aromatic heterocycles. The van der Waals surface area contributed by atoms with Gasteiger partial charge in [-0.15, -0.1) is 0 Å². The number of hydrogen-bond donors (Lipinski definition) is 2. The predicted octanol–water partition coefficient (Wildman–Crippen LogP) is 1.51. The van der Waals surface area contributed by atoms with Crippen molar-refractivity contribution in [2.45, 2.75) is 0 Å². The summed E-state index contributed by atoms with van der Waals surface area (Å²) in [5, 5.41) is 11.5. The van der Waals surface area contributed by atoms with Crippen molar-refractivity contribution in [1.82, 2.24) is 4.90 Å². The van der Waals surface area contributed by atoms with E-state index in [2.05, 4.69) is 5.32 Å². The highest BCUT2D eigenvalue weighted by atomic mass is 16.5. The topological polar surface area (TPSA) is 88.1 Å². The fourth-order valence-electron chi connectivity index (χ4n) is 1.62. The highest BCUT2D eigenvalue weighted by Crippen LogP contribution is 2.10. The van der Waals surface area contributed by atoms with E-state index in [4.69, 9.17) is 14.6 Å². The summed E-state index contributed by atoms with van der Waals surface area (Å²) in [5.74, 6) is -1.00. The number of rotatable bonds is 8. The number of carbonyl (C=O) groups is 2. The van der Waals surface area contributed by atoms with Gasteiger partial charge in [0.25, 0.3) is 0 Å². The number of aromatic carboxylic acids is 1. The van der Waals surface area contributed by atoms with Crippen molar-refractivity contribution in [3.63, 3.8) is 0 Å². The molecule has 21 heavy (non-hydrogen) atoms. The number of carbonyl (C=O) groups excluding carboxylic acids is 1. The first-order valence-corrected chi connectivity index (χ1v) is 6.45. The number of amides is 2. The number of ether oxygens (including phenoxy) is 2. The maximum atomic E-state index is 12.1. The van der Waals surface area contributed by atoms with E-state index < -0.39 is 5.97 Å². The normalized spacial score (nSPS) is 10.2. The zero-order chi connectivity index (χ0) is 15.7. The van der Waals surface area contributed by atoms with Crippen LogP contribution in [0.5, 0.6) is 0 Å². The zero-order valence-corrected chi connectivity index (χ0v) is 12.2. The molecule has 0 fully saturated rings. The number of nitrogens with zero attached hydrogens (tertiary/aromatic N) is 1. The van der Waals surface area contributed by atoms with Gasteiger partial charge >= 0.3 is 12.0 Å². The van der Waals surface area contributed by atoms with E-state index >= 15 is 0 Å². The second-order valence-electron chi connectivity index (χ2n) is 4.29. The van der Waals surface area contributed by atoms with Crippen LogP contribution in [0.1, 0.15) is 10.4 Å². The van der Waals surface area contributed by atoms with Crippen LogP contribution in [0.2, 0.25) is 0 Å². The smallest absolute Gasteiger partial charge is 0.335 e. The Bertz CT molecular complexity index is 453. The first kappa shape index (κ1) is 16.9. The molecule has 0 spiro atoms. The minimum atomic E-state index is -1.00. The van der Waals surface area contributed by atoms with Crippen molar-refractivity contribution >= 4 is 17.7 Å². The molecule has 2 amide bonds. The fraction of sp³-hybridized carbons (Fsp3) is 0.429. The quantitative estimate of drug-likeness (QED) is 0.759. The van der Waals surface area contributed by atoms with E-state index in [1.54, 1.807) is 31.3 Å². The van der Waals surface area contributed by atoms with Crippen LogP contribution in [0.15, 0.2) is 24.3 Å². The molecule has 1 aromatic carbocycles. The zero-order valence-electron chi connectivity index (χ0n) is 12.2. The van der Waals surface area contributed by atoms with E-state index in [1.165, 1.54) is 12.1 Å².